The van der Waals surface area contributed by atoms with Crippen LogP contribution in [0.4, 0.5) is 5.69 Å². The van der Waals surface area contributed by atoms with Crippen LogP contribution >= 0.6 is 15.9 Å². The summed E-state index contributed by atoms with van der Waals surface area (Å²) in [7, 11) is 0. The van der Waals surface area contributed by atoms with E-state index in [9.17, 15) is 9.59 Å². The number of carbonyl (C=O) groups excluding carboxylic acids is 1. The number of hydrogen-bond acceptors (Lipinski definition) is 3. The Kier molecular flexibility index (Phi) is 3.56. The Labute approximate surface area is 113 Å². The van der Waals surface area contributed by atoms with Crippen molar-refractivity contribution in [2.24, 2.45) is 5.73 Å². The number of carbonyl (C=O) groups is 2. The maximum Gasteiger partial charge on any atom is 0.323 e. The summed E-state index contributed by atoms with van der Waals surface area (Å²) in [5, 5.41) is 8.92. The molecular weight excluding hydrogens is 300 g/mol. The van der Waals surface area contributed by atoms with E-state index in [0.717, 1.165) is 18.5 Å². The summed E-state index contributed by atoms with van der Waals surface area (Å²) in [5.74, 6) is -1.37. The molecule has 96 valence electrons. The summed E-state index contributed by atoms with van der Waals surface area (Å²) in [6, 6.07) is 5.23. The lowest BCUT2D eigenvalue weighted by atomic mass is 10.2. The number of nitrogens with two attached hydrogens (primary N) is 1. The largest absolute Gasteiger partial charge is 0.480 e. The third-order valence-electron chi connectivity index (χ3n) is 2.83. The van der Waals surface area contributed by atoms with Crippen LogP contribution in [0.3, 0.4) is 0 Å². The monoisotopic (exact) mass is 312 g/mol. The van der Waals surface area contributed by atoms with E-state index < -0.39 is 11.9 Å². The molecule has 18 heavy (non-hydrogen) atoms. The van der Waals surface area contributed by atoms with Gasteiger partial charge in [-0.3, -0.25) is 9.59 Å². The van der Waals surface area contributed by atoms with Gasteiger partial charge in [0.2, 0.25) is 5.91 Å². The normalized spacial score (nSPS) is 14.3. The zero-order chi connectivity index (χ0) is 13.3. The molecule has 1 aliphatic carbocycles. The Bertz CT molecular complexity index is 500. The first-order chi connectivity index (χ1) is 8.49. The second kappa shape index (κ2) is 4.97. The molecule has 0 radical (unpaired) electrons. The number of carboxylic acid groups (broad SMARTS) is 1. The van der Waals surface area contributed by atoms with Crippen molar-refractivity contribution in [1.29, 1.82) is 0 Å². The highest BCUT2D eigenvalue weighted by atomic mass is 79.9. The van der Waals surface area contributed by atoms with E-state index in [1.54, 1.807) is 18.2 Å². The highest BCUT2D eigenvalue weighted by molar-refractivity contribution is 9.10. The molecule has 0 bridgehead atoms. The number of anilines is 1. The summed E-state index contributed by atoms with van der Waals surface area (Å²) in [5.41, 5.74) is 6.38. The van der Waals surface area contributed by atoms with Gasteiger partial charge in [0.05, 0.1) is 5.69 Å². The zero-order valence-corrected chi connectivity index (χ0v) is 11.2. The lowest BCUT2D eigenvalue weighted by Gasteiger charge is -2.24. The minimum atomic E-state index is -0.868. The molecule has 0 aromatic heterocycles. The fourth-order valence-corrected chi connectivity index (χ4v) is 2.44. The standard InChI is InChI=1S/C12H13BrN2O3/c13-9-5-7(12(14)18)1-4-10(9)15(6-11(16)17)8-2-3-8/h1,4-5,8H,2-3,6H2,(H2,14,18)(H,16,17). The molecule has 0 aliphatic heterocycles. The van der Waals surface area contributed by atoms with Crippen molar-refractivity contribution in [2.75, 3.05) is 11.4 Å². The lowest BCUT2D eigenvalue weighted by molar-refractivity contribution is -0.135. The van der Waals surface area contributed by atoms with E-state index in [0.29, 0.717) is 10.0 Å². The van der Waals surface area contributed by atoms with Crippen LogP contribution in [0.15, 0.2) is 22.7 Å². The molecular formula is C12H13BrN2O3. The molecule has 1 fully saturated rings. The molecule has 6 heteroatoms. The first kappa shape index (κ1) is 12.9. The number of aliphatic carboxylic acids is 1. The second-order valence-corrected chi connectivity index (χ2v) is 5.14. The van der Waals surface area contributed by atoms with Crippen LogP contribution in [0, 0.1) is 0 Å². The smallest absolute Gasteiger partial charge is 0.323 e. The quantitative estimate of drug-likeness (QED) is 0.865. The maximum absolute atomic E-state index is 11.1. The van der Waals surface area contributed by atoms with Crippen molar-refractivity contribution < 1.29 is 14.7 Å². The number of hydrogen-bond donors (Lipinski definition) is 2. The van der Waals surface area contributed by atoms with Gasteiger partial charge in [-0.2, -0.15) is 0 Å². The van der Waals surface area contributed by atoms with Crippen molar-refractivity contribution in [3.63, 3.8) is 0 Å². The van der Waals surface area contributed by atoms with Crippen LogP contribution in [-0.4, -0.2) is 29.6 Å². The molecule has 0 saturated heterocycles. The van der Waals surface area contributed by atoms with Gasteiger partial charge in [-0.25, -0.2) is 0 Å². The molecule has 3 N–H and O–H groups in total. The molecule has 1 aliphatic rings. The molecule has 1 amide bonds. The van der Waals surface area contributed by atoms with Gasteiger partial charge in [-0.15, -0.1) is 0 Å². The number of nitrogens with zero attached hydrogens (tertiary/aromatic N) is 1. The molecule has 0 unspecified atom stereocenters. The molecule has 1 saturated carbocycles. The van der Waals surface area contributed by atoms with Crippen LogP contribution in [0.2, 0.25) is 0 Å². The van der Waals surface area contributed by atoms with Gasteiger partial charge in [0.25, 0.3) is 0 Å². The van der Waals surface area contributed by atoms with E-state index in [1.807, 2.05) is 4.90 Å². The second-order valence-electron chi connectivity index (χ2n) is 4.28. The van der Waals surface area contributed by atoms with Crippen molar-refractivity contribution in [3.8, 4) is 0 Å². The van der Waals surface area contributed by atoms with Crippen molar-refractivity contribution >= 4 is 33.5 Å². The third-order valence-corrected chi connectivity index (χ3v) is 3.47. The van der Waals surface area contributed by atoms with E-state index in [1.165, 1.54) is 0 Å². The molecule has 5 nitrogen and oxygen atoms in total. The van der Waals surface area contributed by atoms with Crippen molar-refractivity contribution in [2.45, 2.75) is 18.9 Å². The average molecular weight is 313 g/mol. The first-order valence-corrected chi connectivity index (χ1v) is 6.36. The number of primary amides is 1. The fourth-order valence-electron chi connectivity index (χ4n) is 1.84. The Morgan fingerprint density at radius 1 is 1.44 bits per heavy atom. The summed E-state index contributed by atoms with van der Waals surface area (Å²) in [6.45, 7) is -0.0425. The van der Waals surface area contributed by atoms with Gasteiger partial charge in [0, 0.05) is 16.1 Å². The van der Waals surface area contributed by atoms with Gasteiger partial charge >= 0.3 is 5.97 Å². The summed E-state index contributed by atoms with van der Waals surface area (Å²) >= 11 is 3.36. The minimum Gasteiger partial charge on any atom is -0.480 e. The van der Waals surface area contributed by atoms with Crippen molar-refractivity contribution in [3.05, 3.63) is 28.2 Å². The Morgan fingerprint density at radius 3 is 2.56 bits per heavy atom. The molecule has 1 aromatic rings. The highest BCUT2D eigenvalue weighted by Crippen LogP contribution is 2.36. The van der Waals surface area contributed by atoms with E-state index >= 15 is 0 Å². The number of benzene rings is 1. The van der Waals surface area contributed by atoms with Crippen LogP contribution < -0.4 is 10.6 Å². The topological polar surface area (TPSA) is 83.6 Å². The minimum absolute atomic E-state index is 0.0425. The summed E-state index contributed by atoms with van der Waals surface area (Å²) in [4.78, 5) is 23.8. The fraction of sp³-hybridized carbons (Fsp3) is 0.333. The Hall–Kier alpha value is -1.56. The maximum atomic E-state index is 11.1. The predicted octanol–water partition coefficient (Wildman–Crippen LogP) is 1.60. The molecule has 0 heterocycles. The molecule has 2 rings (SSSR count). The highest BCUT2D eigenvalue weighted by Gasteiger charge is 2.31. The van der Waals surface area contributed by atoms with Gasteiger partial charge < -0.3 is 15.7 Å². The third kappa shape index (κ3) is 2.81. The zero-order valence-electron chi connectivity index (χ0n) is 9.60. The Morgan fingerprint density at radius 2 is 2.11 bits per heavy atom. The van der Waals surface area contributed by atoms with Gasteiger partial charge in [0.15, 0.2) is 0 Å². The molecule has 1 aromatic carbocycles. The lowest BCUT2D eigenvalue weighted by Crippen LogP contribution is -2.32. The average Bonchev–Trinajstić information content (AvgIpc) is 3.09. The predicted molar refractivity (Wildman–Crippen MR) is 70.7 cm³/mol. The SMILES string of the molecule is NC(=O)c1ccc(N(CC(=O)O)C2CC2)c(Br)c1. The van der Waals surface area contributed by atoms with Gasteiger partial charge in [-0.1, -0.05) is 0 Å². The molecule has 0 spiro atoms. The van der Waals surface area contributed by atoms with Crippen molar-refractivity contribution in [1.82, 2.24) is 0 Å². The van der Waals surface area contributed by atoms with Gasteiger partial charge in [0.1, 0.15) is 6.54 Å². The number of halogens is 1. The molecule has 0 atom stereocenters. The Balaban J connectivity index is 2.30. The van der Waals surface area contributed by atoms with Crippen LogP contribution in [0.5, 0.6) is 0 Å². The van der Waals surface area contributed by atoms with E-state index in [4.69, 9.17) is 10.8 Å². The van der Waals surface area contributed by atoms with Crippen LogP contribution in [0.25, 0.3) is 0 Å². The number of carboxylic acids is 1. The van der Waals surface area contributed by atoms with E-state index in [2.05, 4.69) is 15.9 Å². The summed E-state index contributed by atoms with van der Waals surface area (Å²) in [6.07, 6.45) is 1.99. The van der Waals surface area contributed by atoms with Crippen LogP contribution in [0.1, 0.15) is 23.2 Å². The first-order valence-electron chi connectivity index (χ1n) is 5.57. The van der Waals surface area contributed by atoms with Gasteiger partial charge in [-0.05, 0) is 47.0 Å². The number of rotatable bonds is 5. The van der Waals surface area contributed by atoms with Crippen LogP contribution in [-0.2, 0) is 4.79 Å². The van der Waals surface area contributed by atoms with E-state index in [-0.39, 0.29) is 12.6 Å². The summed E-state index contributed by atoms with van der Waals surface area (Å²) < 4.78 is 0.687. The number of amides is 1.